The summed E-state index contributed by atoms with van der Waals surface area (Å²) in [6.45, 7) is 1.78. The smallest absolute Gasteiger partial charge is 0.329 e. The molecule has 4 nitrogen and oxygen atoms in total. The Labute approximate surface area is 124 Å². The summed E-state index contributed by atoms with van der Waals surface area (Å²) in [4.78, 5) is 12.3. The second-order valence-electron chi connectivity index (χ2n) is 4.40. The van der Waals surface area contributed by atoms with E-state index in [0.717, 1.165) is 0 Å². The molecule has 0 spiro atoms. The van der Waals surface area contributed by atoms with E-state index in [9.17, 15) is 13.2 Å². The van der Waals surface area contributed by atoms with Crippen LogP contribution < -0.4 is 0 Å². The van der Waals surface area contributed by atoms with E-state index < -0.39 is 21.1 Å². The number of carbonyl (C=O) groups is 1. The van der Waals surface area contributed by atoms with E-state index in [-0.39, 0.29) is 11.5 Å². The van der Waals surface area contributed by atoms with Crippen LogP contribution in [-0.4, -0.2) is 21.0 Å². The van der Waals surface area contributed by atoms with E-state index in [1.165, 1.54) is 12.1 Å². The van der Waals surface area contributed by atoms with Gasteiger partial charge in [0.15, 0.2) is 15.1 Å². The summed E-state index contributed by atoms with van der Waals surface area (Å²) < 4.78 is 30.4. The number of ether oxygens (including phenoxy) is 1. The van der Waals surface area contributed by atoms with Gasteiger partial charge in [-0.1, -0.05) is 48.5 Å². The zero-order chi connectivity index (χ0) is 15.3. The summed E-state index contributed by atoms with van der Waals surface area (Å²) in [7, 11) is -3.85. The van der Waals surface area contributed by atoms with Crippen LogP contribution in [0.3, 0.4) is 0 Å². The van der Waals surface area contributed by atoms with E-state index in [0.29, 0.717) is 5.56 Å². The first-order valence-electron chi connectivity index (χ1n) is 6.58. The van der Waals surface area contributed by atoms with Crippen LogP contribution in [0.5, 0.6) is 0 Å². The molecule has 2 aromatic rings. The van der Waals surface area contributed by atoms with Crippen molar-refractivity contribution in [1.82, 2.24) is 0 Å². The van der Waals surface area contributed by atoms with Gasteiger partial charge in [-0.25, -0.2) is 8.42 Å². The van der Waals surface area contributed by atoms with E-state index in [1.807, 2.05) is 0 Å². The second kappa shape index (κ2) is 6.54. The summed E-state index contributed by atoms with van der Waals surface area (Å²) in [5.74, 6) is -0.757. The van der Waals surface area contributed by atoms with Crippen LogP contribution in [0.2, 0.25) is 0 Å². The highest BCUT2D eigenvalue weighted by atomic mass is 32.2. The van der Waals surface area contributed by atoms with Crippen LogP contribution in [0.4, 0.5) is 0 Å². The molecule has 0 aliphatic heterocycles. The maximum Gasteiger partial charge on any atom is 0.329 e. The molecule has 1 atom stereocenters. The van der Waals surface area contributed by atoms with E-state index in [1.54, 1.807) is 55.5 Å². The average Bonchev–Trinajstić information content (AvgIpc) is 2.49. The first-order valence-corrected chi connectivity index (χ1v) is 8.12. The van der Waals surface area contributed by atoms with Gasteiger partial charge in [-0.2, -0.15) is 0 Å². The van der Waals surface area contributed by atoms with Crippen LogP contribution in [0.15, 0.2) is 65.6 Å². The Bertz CT molecular complexity index is 694. The lowest BCUT2D eigenvalue weighted by molar-refractivity contribution is -0.142. The molecule has 0 radical (unpaired) electrons. The summed E-state index contributed by atoms with van der Waals surface area (Å²) in [5.41, 5.74) is 0.403. The quantitative estimate of drug-likeness (QED) is 0.797. The minimum Gasteiger partial charge on any atom is -0.465 e. The minimum atomic E-state index is -3.85. The predicted octanol–water partition coefficient (Wildman–Crippen LogP) is 2.76. The molecule has 110 valence electrons. The zero-order valence-corrected chi connectivity index (χ0v) is 12.4. The molecule has 0 aliphatic rings. The summed E-state index contributed by atoms with van der Waals surface area (Å²) in [6.07, 6.45) is 0. The van der Waals surface area contributed by atoms with Crippen molar-refractivity contribution >= 4 is 15.8 Å². The number of hydrogen-bond acceptors (Lipinski definition) is 4. The van der Waals surface area contributed by atoms with Gasteiger partial charge in [0.1, 0.15) is 0 Å². The SMILES string of the molecule is CCOC(=O)C(c1ccccc1)S(=O)(=O)c1ccccc1. The Hall–Kier alpha value is -2.14. The van der Waals surface area contributed by atoms with Crippen molar-refractivity contribution in [2.75, 3.05) is 6.61 Å². The molecule has 0 heterocycles. The van der Waals surface area contributed by atoms with Crippen molar-refractivity contribution in [3.05, 3.63) is 66.2 Å². The monoisotopic (exact) mass is 304 g/mol. The molecule has 21 heavy (non-hydrogen) atoms. The van der Waals surface area contributed by atoms with Crippen molar-refractivity contribution < 1.29 is 17.9 Å². The van der Waals surface area contributed by atoms with Gasteiger partial charge >= 0.3 is 5.97 Å². The fraction of sp³-hybridized carbons (Fsp3) is 0.188. The number of esters is 1. The summed E-state index contributed by atoms with van der Waals surface area (Å²) in [5, 5.41) is -1.35. The third-order valence-electron chi connectivity index (χ3n) is 2.99. The van der Waals surface area contributed by atoms with Crippen molar-refractivity contribution in [2.24, 2.45) is 0 Å². The molecule has 0 aromatic heterocycles. The maximum atomic E-state index is 12.7. The van der Waals surface area contributed by atoms with Crippen molar-refractivity contribution in [3.8, 4) is 0 Å². The lowest BCUT2D eigenvalue weighted by Crippen LogP contribution is -2.24. The Morgan fingerprint density at radius 1 is 1.00 bits per heavy atom. The van der Waals surface area contributed by atoms with E-state index >= 15 is 0 Å². The first-order chi connectivity index (χ1) is 10.1. The normalized spacial score (nSPS) is 12.6. The lowest BCUT2D eigenvalue weighted by Gasteiger charge is -2.16. The molecule has 0 fully saturated rings. The van der Waals surface area contributed by atoms with Gasteiger partial charge in [-0.15, -0.1) is 0 Å². The van der Waals surface area contributed by atoms with Crippen molar-refractivity contribution in [2.45, 2.75) is 17.1 Å². The van der Waals surface area contributed by atoms with Crippen LogP contribution in [0, 0.1) is 0 Å². The van der Waals surface area contributed by atoms with E-state index in [2.05, 4.69) is 0 Å². The largest absolute Gasteiger partial charge is 0.465 e. The molecule has 5 heteroatoms. The Balaban J connectivity index is 2.53. The van der Waals surface area contributed by atoms with Crippen LogP contribution in [0.1, 0.15) is 17.7 Å². The summed E-state index contributed by atoms with van der Waals surface area (Å²) >= 11 is 0. The van der Waals surface area contributed by atoms with Crippen LogP contribution >= 0.6 is 0 Å². The highest BCUT2D eigenvalue weighted by Crippen LogP contribution is 2.30. The third-order valence-corrected chi connectivity index (χ3v) is 5.00. The van der Waals surface area contributed by atoms with Gasteiger partial charge in [0.05, 0.1) is 11.5 Å². The second-order valence-corrected chi connectivity index (χ2v) is 6.43. The molecular weight excluding hydrogens is 288 g/mol. The molecule has 0 bridgehead atoms. The molecule has 0 aliphatic carbocycles. The Morgan fingerprint density at radius 2 is 1.52 bits per heavy atom. The van der Waals surface area contributed by atoms with Crippen LogP contribution in [0.25, 0.3) is 0 Å². The van der Waals surface area contributed by atoms with Gasteiger partial charge in [0.2, 0.25) is 0 Å². The van der Waals surface area contributed by atoms with Crippen LogP contribution in [-0.2, 0) is 19.4 Å². The van der Waals surface area contributed by atoms with Gasteiger partial charge in [-0.3, -0.25) is 4.79 Å². The number of benzene rings is 2. The Morgan fingerprint density at radius 3 is 2.05 bits per heavy atom. The molecule has 0 saturated carbocycles. The fourth-order valence-corrected chi connectivity index (χ4v) is 3.68. The maximum absolute atomic E-state index is 12.7. The van der Waals surface area contributed by atoms with E-state index in [4.69, 9.17) is 4.74 Å². The molecule has 1 unspecified atom stereocenters. The number of hydrogen-bond donors (Lipinski definition) is 0. The highest BCUT2D eigenvalue weighted by molar-refractivity contribution is 7.92. The fourth-order valence-electron chi connectivity index (χ4n) is 2.03. The van der Waals surface area contributed by atoms with Crippen molar-refractivity contribution in [1.29, 1.82) is 0 Å². The van der Waals surface area contributed by atoms with Gasteiger partial charge in [0, 0.05) is 0 Å². The summed E-state index contributed by atoms with van der Waals surface area (Å²) in [6, 6.07) is 16.3. The van der Waals surface area contributed by atoms with Crippen molar-refractivity contribution in [3.63, 3.8) is 0 Å². The third kappa shape index (κ3) is 3.31. The topological polar surface area (TPSA) is 60.4 Å². The minimum absolute atomic E-state index is 0.104. The van der Waals surface area contributed by atoms with Gasteiger partial charge < -0.3 is 4.74 Å². The zero-order valence-electron chi connectivity index (χ0n) is 11.6. The molecule has 2 rings (SSSR count). The number of carbonyl (C=O) groups excluding carboxylic acids is 1. The average molecular weight is 304 g/mol. The highest BCUT2D eigenvalue weighted by Gasteiger charge is 2.36. The van der Waals surface area contributed by atoms with Gasteiger partial charge in [-0.05, 0) is 24.6 Å². The molecule has 0 saturated heterocycles. The molecule has 0 amide bonds. The van der Waals surface area contributed by atoms with Gasteiger partial charge in [0.25, 0.3) is 0 Å². The molecule has 2 aromatic carbocycles. The number of rotatable bonds is 5. The number of sulfone groups is 1. The Kier molecular flexibility index (Phi) is 4.75. The standard InChI is InChI=1S/C16H16O4S/c1-2-20-16(17)15(13-9-5-3-6-10-13)21(18,19)14-11-7-4-8-12-14/h3-12,15H,2H2,1H3. The molecule has 0 N–H and O–H groups in total. The predicted molar refractivity (Wildman–Crippen MR) is 79.4 cm³/mol. The lowest BCUT2D eigenvalue weighted by atomic mass is 10.1. The first kappa shape index (κ1) is 15.3. The molecular formula is C16H16O4S.